The van der Waals surface area contributed by atoms with Crippen LogP contribution in [0, 0.1) is 34.0 Å². The maximum absolute atomic E-state index is 12.2. The normalized spacial score (nSPS) is 10.5. The average Bonchev–Trinajstić information content (AvgIpc) is 2.39. The maximum atomic E-state index is 12.2. The van der Waals surface area contributed by atoms with E-state index in [0.717, 1.165) is 6.07 Å². The maximum Gasteiger partial charge on any atom is 0.246 e. The van der Waals surface area contributed by atoms with Crippen LogP contribution in [-0.4, -0.2) is 25.8 Å². The van der Waals surface area contributed by atoms with Crippen molar-refractivity contribution in [2.24, 2.45) is 0 Å². The molecule has 0 radical (unpaired) electrons. The first-order valence-electron chi connectivity index (χ1n) is 4.91. The summed E-state index contributed by atoms with van der Waals surface area (Å²) in [6, 6.07) is 8.89. The zero-order valence-corrected chi connectivity index (χ0v) is 11.1. The highest BCUT2D eigenvalue weighted by Crippen LogP contribution is 2.25. The standard InChI is InChI=1S/C11H7ClN4O2S/c12-10-2-1-9(8-15)7-11(10)19(17,18)16(5-3-13)6-4-14/h1-2,7H,5-6H2. The highest BCUT2D eigenvalue weighted by Gasteiger charge is 2.26. The lowest BCUT2D eigenvalue weighted by Crippen LogP contribution is -2.32. The molecule has 1 aromatic rings. The van der Waals surface area contributed by atoms with E-state index in [1.807, 2.05) is 0 Å². The monoisotopic (exact) mass is 294 g/mol. The Morgan fingerprint density at radius 2 is 1.74 bits per heavy atom. The number of hydrogen-bond donors (Lipinski definition) is 0. The molecule has 8 heteroatoms. The van der Waals surface area contributed by atoms with Crippen LogP contribution < -0.4 is 0 Å². The Morgan fingerprint density at radius 3 is 2.21 bits per heavy atom. The van der Waals surface area contributed by atoms with Crippen molar-refractivity contribution in [3.8, 4) is 18.2 Å². The second-order valence-corrected chi connectivity index (χ2v) is 5.66. The Balaban J connectivity index is 3.38. The number of hydrogen-bond acceptors (Lipinski definition) is 5. The lowest BCUT2D eigenvalue weighted by molar-refractivity contribution is 0.479. The van der Waals surface area contributed by atoms with Crippen molar-refractivity contribution in [2.45, 2.75) is 4.90 Å². The third kappa shape index (κ3) is 3.21. The van der Waals surface area contributed by atoms with Crippen molar-refractivity contribution < 1.29 is 8.42 Å². The van der Waals surface area contributed by atoms with E-state index in [-0.39, 0.29) is 15.5 Å². The van der Waals surface area contributed by atoms with Gasteiger partial charge in [0.05, 0.1) is 28.8 Å². The van der Waals surface area contributed by atoms with Crippen LogP contribution in [0.1, 0.15) is 5.56 Å². The molecule has 0 atom stereocenters. The molecule has 19 heavy (non-hydrogen) atoms. The smallest absolute Gasteiger partial charge is 0.207 e. The lowest BCUT2D eigenvalue weighted by atomic mass is 10.2. The fraction of sp³-hybridized carbons (Fsp3) is 0.182. The van der Waals surface area contributed by atoms with Gasteiger partial charge in [0.1, 0.15) is 18.0 Å². The molecular weight excluding hydrogens is 288 g/mol. The van der Waals surface area contributed by atoms with Crippen LogP contribution in [-0.2, 0) is 10.0 Å². The van der Waals surface area contributed by atoms with Crippen LogP contribution in [0.25, 0.3) is 0 Å². The van der Waals surface area contributed by atoms with E-state index in [9.17, 15) is 8.42 Å². The second kappa shape index (κ2) is 6.17. The first-order chi connectivity index (χ1) is 8.97. The summed E-state index contributed by atoms with van der Waals surface area (Å²) in [5.41, 5.74) is 0.122. The van der Waals surface area contributed by atoms with Crippen molar-refractivity contribution in [1.29, 1.82) is 15.8 Å². The van der Waals surface area contributed by atoms with E-state index in [1.165, 1.54) is 12.1 Å². The first-order valence-corrected chi connectivity index (χ1v) is 6.73. The highest BCUT2D eigenvalue weighted by molar-refractivity contribution is 7.89. The molecule has 0 aliphatic heterocycles. The van der Waals surface area contributed by atoms with Gasteiger partial charge in [0.15, 0.2) is 0 Å². The molecule has 0 aliphatic carbocycles. The number of nitrogens with zero attached hydrogens (tertiary/aromatic N) is 4. The molecule has 0 saturated carbocycles. The molecule has 0 amide bonds. The third-order valence-electron chi connectivity index (χ3n) is 2.17. The van der Waals surface area contributed by atoms with Crippen LogP contribution in [0.3, 0.4) is 0 Å². The van der Waals surface area contributed by atoms with E-state index in [2.05, 4.69) is 0 Å². The predicted octanol–water partition coefficient (Wildman–Crippen LogP) is 1.25. The molecule has 0 fully saturated rings. The number of halogens is 1. The average molecular weight is 295 g/mol. The van der Waals surface area contributed by atoms with Gasteiger partial charge in [-0.2, -0.15) is 20.1 Å². The Morgan fingerprint density at radius 1 is 1.16 bits per heavy atom. The van der Waals surface area contributed by atoms with Crippen LogP contribution in [0.5, 0.6) is 0 Å². The number of nitriles is 3. The van der Waals surface area contributed by atoms with E-state index in [4.69, 9.17) is 27.4 Å². The minimum Gasteiger partial charge on any atom is -0.207 e. The fourth-order valence-electron chi connectivity index (χ4n) is 1.29. The van der Waals surface area contributed by atoms with Gasteiger partial charge in [-0.15, -0.1) is 0 Å². The summed E-state index contributed by atoms with van der Waals surface area (Å²) in [6.45, 7) is -0.938. The molecule has 96 valence electrons. The fourth-order valence-corrected chi connectivity index (χ4v) is 3.03. The molecule has 0 unspecified atom stereocenters. The van der Waals surface area contributed by atoms with Gasteiger partial charge in [0.25, 0.3) is 0 Å². The van der Waals surface area contributed by atoms with E-state index in [1.54, 1.807) is 18.2 Å². The summed E-state index contributed by atoms with van der Waals surface area (Å²) in [5.74, 6) is 0. The SMILES string of the molecule is N#CCN(CC#N)S(=O)(=O)c1cc(C#N)ccc1Cl. The summed E-state index contributed by atoms with van der Waals surface area (Å²) >= 11 is 5.80. The Hall–Kier alpha value is -2.11. The van der Waals surface area contributed by atoms with E-state index < -0.39 is 23.1 Å². The summed E-state index contributed by atoms with van der Waals surface area (Å²) < 4.78 is 25.2. The summed E-state index contributed by atoms with van der Waals surface area (Å²) in [5, 5.41) is 25.9. The van der Waals surface area contributed by atoms with Crippen LogP contribution in [0.15, 0.2) is 23.1 Å². The van der Waals surface area contributed by atoms with Crippen LogP contribution in [0.4, 0.5) is 0 Å². The number of rotatable bonds is 4. The van der Waals surface area contributed by atoms with Crippen molar-refractivity contribution in [3.63, 3.8) is 0 Å². The van der Waals surface area contributed by atoms with Crippen molar-refractivity contribution in [3.05, 3.63) is 28.8 Å². The second-order valence-electron chi connectivity index (χ2n) is 3.35. The minimum atomic E-state index is -4.08. The summed E-state index contributed by atoms with van der Waals surface area (Å²) in [4.78, 5) is -0.293. The summed E-state index contributed by atoms with van der Waals surface area (Å²) in [7, 11) is -4.08. The largest absolute Gasteiger partial charge is 0.246 e. The molecule has 6 nitrogen and oxygen atoms in total. The van der Waals surface area contributed by atoms with E-state index >= 15 is 0 Å². The molecule has 0 bridgehead atoms. The van der Waals surface area contributed by atoms with Gasteiger partial charge < -0.3 is 0 Å². The topological polar surface area (TPSA) is 109 Å². The molecule has 0 aromatic heterocycles. The van der Waals surface area contributed by atoms with Crippen molar-refractivity contribution in [1.82, 2.24) is 4.31 Å². The zero-order chi connectivity index (χ0) is 14.5. The minimum absolute atomic E-state index is 0.0696. The zero-order valence-electron chi connectivity index (χ0n) is 9.54. The molecule has 0 aliphatic rings. The van der Waals surface area contributed by atoms with Crippen molar-refractivity contribution in [2.75, 3.05) is 13.1 Å². The van der Waals surface area contributed by atoms with Gasteiger partial charge in [-0.25, -0.2) is 8.42 Å². The summed E-state index contributed by atoms with van der Waals surface area (Å²) in [6.07, 6.45) is 0. The van der Waals surface area contributed by atoms with Gasteiger partial charge in [-0.05, 0) is 18.2 Å². The quantitative estimate of drug-likeness (QED) is 0.776. The van der Waals surface area contributed by atoms with Gasteiger partial charge in [0.2, 0.25) is 10.0 Å². The number of benzene rings is 1. The van der Waals surface area contributed by atoms with Gasteiger partial charge in [0, 0.05) is 0 Å². The molecule has 0 heterocycles. The Kier molecular flexibility index (Phi) is 4.86. The third-order valence-corrected chi connectivity index (χ3v) is 4.45. The molecule has 1 rings (SSSR count). The van der Waals surface area contributed by atoms with Gasteiger partial charge in [-0.1, -0.05) is 11.6 Å². The molecule has 0 saturated heterocycles. The van der Waals surface area contributed by atoms with Crippen molar-refractivity contribution >= 4 is 21.6 Å². The molecule has 1 aromatic carbocycles. The van der Waals surface area contributed by atoms with Gasteiger partial charge in [-0.3, -0.25) is 0 Å². The Bertz CT molecular complexity index is 694. The lowest BCUT2D eigenvalue weighted by Gasteiger charge is -2.16. The molecular formula is C11H7ClN4O2S. The molecule has 0 spiro atoms. The Labute approximate surface area is 115 Å². The molecule has 0 N–H and O–H groups in total. The number of sulfonamides is 1. The van der Waals surface area contributed by atoms with E-state index in [0.29, 0.717) is 4.31 Å². The predicted molar refractivity (Wildman–Crippen MR) is 66.2 cm³/mol. The van der Waals surface area contributed by atoms with Crippen LogP contribution in [0.2, 0.25) is 5.02 Å². The highest BCUT2D eigenvalue weighted by atomic mass is 35.5. The van der Waals surface area contributed by atoms with Crippen LogP contribution >= 0.6 is 11.6 Å². The first kappa shape index (κ1) is 14.9. The van der Waals surface area contributed by atoms with Gasteiger partial charge >= 0.3 is 0 Å².